The molecule has 4 amide bonds. The van der Waals surface area contributed by atoms with Gasteiger partial charge in [0, 0.05) is 6.42 Å². The summed E-state index contributed by atoms with van der Waals surface area (Å²) in [5.74, 6) is 0.262. The number of carbonyl (C=O) groups excluding carboxylic acids is 4. The molecule has 4 fully saturated rings. The van der Waals surface area contributed by atoms with E-state index >= 15 is 0 Å². The van der Waals surface area contributed by atoms with Crippen LogP contribution >= 0.6 is 0 Å². The fourth-order valence-electron chi connectivity index (χ4n) is 5.42. The fourth-order valence-corrected chi connectivity index (χ4v) is 5.42. The van der Waals surface area contributed by atoms with Crippen LogP contribution in [0.15, 0.2) is 0 Å². The number of hydrogen-bond acceptors (Lipinski definition) is 5. The zero-order chi connectivity index (χ0) is 19.0. The van der Waals surface area contributed by atoms with E-state index in [0.29, 0.717) is 31.1 Å². The maximum atomic E-state index is 12.6. The van der Waals surface area contributed by atoms with Gasteiger partial charge in [0.15, 0.2) is 6.61 Å². The molecule has 8 heteroatoms. The second-order valence-corrected chi connectivity index (χ2v) is 8.55. The molecule has 3 aliphatic carbocycles. The molecular formula is C19H27N3O5. The molecule has 8 nitrogen and oxygen atoms in total. The molecule has 3 atom stereocenters. The van der Waals surface area contributed by atoms with Gasteiger partial charge in [0.2, 0.25) is 0 Å². The predicted molar refractivity (Wildman–Crippen MR) is 93.9 cm³/mol. The lowest BCUT2D eigenvalue weighted by Crippen LogP contribution is -2.51. The van der Waals surface area contributed by atoms with Gasteiger partial charge in [-0.2, -0.15) is 5.01 Å². The summed E-state index contributed by atoms with van der Waals surface area (Å²) in [5.41, 5.74) is 1.39. The van der Waals surface area contributed by atoms with Gasteiger partial charge >= 0.3 is 12.0 Å². The van der Waals surface area contributed by atoms with E-state index < -0.39 is 30.0 Å². The molecule has 0 unspecified atom stereocenters. The van der Waals surface area contributed by atoms with E-state index in [1.807, 2.05) is 0 Å². The van der Waals surface area contributed by atoms with E-state index in [0.717, 1.165) is 36.6 Å². The topological polar surface area (TPSA) is 105 Å². The average molecular weight is 377 g/mol. The summed E-state index contributed by atoms with van der Waals surface area (Å²) in [6.45, 7) is -0.482. The lowest BCUT2D eigenvalue weighted by atomic mass is 9.82. The van der Waals surface area contributed by atoms with Gasteiger partial charge in [-0.05, 0) is 49.9 Å². The highest BCUT2D eigenvalue weighted by Crippen LogP contribution is 2.49. The highest BCUT2D eigenvalue weighted by Gasteiger charge is 2.52. The number of rotatable bonds is 5. The number of hydrazine groups is 1. The Morgan fingerprint density at radius 3 is 2.59 bits per heavy atom. The van der Waals surface area contributed by atoms with Gasteiger partial charge in [-0.25, -0.2) is 4.79 Å². The van der Waals surface area contributed by atoms with Crippen LogP contribution in [0.1, 0.15) is 64.2 Å². The van der Waals surface area contributed by atoms with Crippen LogP contribution in [0, 0.1) is 17.8 Å². The number of nitrogens with one attached hydrogen (secondary N) is 2. The van der Waals surface area contributed by atoms with Gasteiger partial charge in [-0.3, -0.25) is 19.8 Å². The summed E-state index contributed by atoms with van der Waals surface area (Å²) in [5, 5.41) is 3.45. The first-order valence-corrected chi connectivity index (χ1v) is 10.1. The lowest BCUT2D eigenvalue weighted by Gasteiger charge is -2.30. The maximum Gasteiger partial charge on any atom is 0.344 e. The van der Waals surface area contributed by atoms with E-state index in [1.54, 1.807) is 0 Å². The van der Waals surface area contributed by atoms with E-state index in [1.165, 1.54) is 19.3 Å². The minimum absolute atomic E-state index is 0.348. The second-order valence-electron chi connectivity index (χ2n) is 8.55. The monoisotopic (exact) mass is 377 g/mol. The third-order valence-electron chi connectivity index (χ3n) is 6.78. The largest absolute Gasteiger partial charge is 0.455 e. The van der Waals surface area contributed by atoms with Crippen molar-refractivity contribution in [2.75, 3.05) is 6.61 Å². The van der Waals surface area contributed by atoms with Gasteiger partial charge in [0.1, 0.15) is 5.54 Å². The molecule has 148 valence electrons. The molecule has 1 spiro atoms. The van der Waals surface area contributed by atoms with Crippen LogP contribution in [0.25, 0.3) is 0 Å². The average Bonchev–Trinajstić information content (AvgIpc) is 3.32. The van der Waals surface area contributed by atoms with E-state index in [-0.39, 0.29) is 5.97 Å². The van der Waals surface area contributed by atoms with Crippen LogP contribution < -0.4 is 10.7 Å². The lowest BCUT2D eigenvalue weighted by molar-refractivity contribution is -0.151. The first-order valence-electron chi connectivity index (χ1n) is 10.1. The van der Waals surface area contributed by atoms with Crippen molar-refractivity contribution >= 4 is 23.8 Å². The number of amides is 4. The molecule has 4 rings (SSSR count). The molecule has 2 bridgehead atoms. The number of esters is 1. The smallest absolute Gasteiger partial charge is 0.344 e. The Morgan fingerprint density at radius 1 is 1.15 bits per heavy atom. The molecule has 1 heterocycles. The van der Waals surface area contributed by atoms with Crippen molar-refractivity contribution in [2.45, 2.75) is 69.7 Å². The first-order chi connectivity index (χ1) is 13.0. The predicted octanol–water partition coefficient (Wildman–Crippen LogP) is 1.64. The number of urea groups is 1. The maximum absolute atomic E-state index is 12.6. The Kier molecular flexibility index (Phi) is 4.82. The Balaban J connectivity index is 1.24. The Bertz CT molecular complexity index is 658. The molecule has 2 N–H and O–H groups in total. The molecule has 0 aromatic rings. The van der Waals surface area contributed by atoms with Crippen molar-refractivity contribution in [1.29, 1.82) is 0 Å². The minimum Gasteiger partial charge on any atom is -0.455 e. The van der Waals surface area contributed by atoms with Gasteiger partial charge < -0.3 is 10.1 Å². The number of imide groups is 1. The molecule has 3 saturated carbocycles. The minimum atomic E-state index is -0.888. The summed E-state index contributed by atoms with van der Waals surface area (Å²) in [4.78, 5) is 48.8. The van der Waals surface area contributed by atoms with E-state index in [9.17, 15) is 19.2 Å². The zero-order valence-corrected chi connectivity index (χ0v) is 15.5. The van der Waals surface area contributed by atoms with Crippen molar-refractivity contribution in [1.82, 2.24) is 15.8 Å². The van der Waals surface area contributed by atoms with Gasteiger partial charge in [-0.15, -0.1) is 0 Å². The summed E-state index contributed by atoms with van der Waals surface area (Å²) in [6.07, 6.45) is 9.05. The zero-order valence-electron chi connectivity index (χ0n) is 15.5. The van der Waals surface area contributed by atoms with Crippen LogP contribution in [-0.2, 0) is 19.1 Å². The van der Waals surface area contributed by atoms with E-state index in [2.05, 4.69) is 10.7 Å². The third kappa shape index (κ3) is 3.53. The van der Waals surface area contributed by atoms with Crippen molar-refractivity contribution in [2.24, 2.45) is 17.8 Å². The number of carbonyl (C=O) groups is 4. The molecule has 0 aromatic heterocycles. The van der Waals surface area contributed by atoms with Gasteiger partial charge in [0.25, 0.3) is 11.8 Å². The highest BCUT2D eigenvalue weighted by molar-refractivity contribution is 6.08. The number of fused-ring (bicyclic) bond motifs is 2. The van der Waals surface area contributed by atoms with Crippen LogP contribution in [0.3, 0.4) is 0 Å². The number of ether oxygens (including phenoxy) is 1. The van der Waals surface area contributed by atoms with Crippen LogP contribution in [-0.4, -0.2) is 41.0 Å². The molecule has 1 aliphatic heterocycles. The van der Waals surface area contributed by atoms with Crippen molar-refractivity contribution in [3.63, 3.8) is 0 Å². The second kappa shape index (κ2) is 7.13. The molecule has 1 saturated heterocycles. The molecule has 27 heavy (non-hydrogen) atoms. The molecular weight excluding hydrogens is 350 g/mol. The Hall–Kier alpha value is -2.12. The molecule has 4 aliphatic rings. The van der Waals surface area contributed by atoms with Crippen molar-refractivity contribution < 1.29 is 23.9 Å². The van der Waals surface area contributed by atoms with Crippen molar-refractivity contribution in [3.8, 4) is 0 Å². The van der Waals surface area contributed by atoms with Crippen LogP contribution in [0.4, 0.5) is 4.79 Å². The van der Waals surface area contributed by atoms with Gasteiger partial charge in [-0.1, -0.05) is 25.7 Å². The Morgan fingerprint density at radius 2 is 1.93 bits per heavy atom. The molecule has 0 aromatic carbocycles. The van der Waals surface area contributed by atoms with Crippen LogP contribution in [0.5, 0.6) is 0 Å². The molecule has 0 radical (unpaired) electrons. The number of nitrogens with zero attached hydrogens (tertiary/aromatic N) is 1. The summed E-state index contributed by atoms with van der Waals surface area (Å²) >= 11 is 0. The quantitative estimate of drug-likeness (QED) is 0.560. The highest BCUT2D eigenvalue weighted by atomic mass is 16.5. The first kappa shape index (κ1) is 18.3. The SMILES string of the molecule is O=C(COC(=O)C[C@H]1C[C@H]2CC[C@@H]1C2)NN1C(=O)NC2(CCCCC2)C1=O. The van der Waals surface area contributed by atoms with Gasteiger partial charge in [0.05, 0.1) is 0 Å². The summed E-state index contributed by atoms with van der Waals surface area (Å²) < 4.78 is 5.07. The standard InChI is InChI=1S/C19H27N3O5/c23-15(11-27-16(24)10-14-9-12-4-5-13(14)8-12)21-22-17(25)19(20-18(22)26)6-2-1-3-7-19/h12-14H,1-11H2,(H,20,26)(H,21,23)/t12-,13+,14+/m0/s1. The van der Waals surface area contributed by atoms with Crippen molar-refractivity contribution in [3.05, 3.63) is 0 Å². The number of hydrogen-bond donors (Lipinski definition) is 2. The fraction of sp³-hybridized carbons (Fsp3) is 0.789. The third-order valence-corrected chi connectivity index (χ3v) is 6.78. The van der Waals surface area contributed by atoms with E-state index in [4.69, 9.17) is 4.74 Å². The normalized spacial score (nSPS) is 31.3. The summed E-state index contributed by atoms with van der Waals surface area (Å²) in [7, 11) is 0. The summed E-state index contributed by atoms with van der Waals surface area (Å²) in [6, 6.07) is -0.622. The van der Waals surface area contributed by atoms with Crippen LogP contribution in [0.2, 0.25) is 0 Å². The Labute approximate surface area is 158 Å².